The molecular weight excluding hydrogens is 420 g/mol. The van der Waals surface area contributed by atoms with Gasteiger partial charge in [0.15, 0.2) is 5.54 Å². The van der Waals surface area contributed by atoms with Crippen LogP contribution < -0.4 is 15.2 Å². The van der Waals surface area contributed by atoms with E-state index in [9.17, 15) is 10.4 Å². The Labute approximate surface area is 190 Å². The van der Waals surface area contributed by atoms with E-state index in [1.807, 2.05) is 30.3 Å². The summed E-state index contributed by atoms with van der Waals surface area (Å²) in [6.07, 6.45) is 3.49. The number of nitrogens with zero attached hydrogens (tertiary/aromatic N) is 3. The summed E-state index contributed by atoms with van der Waals surface area (Å²) in [4.78, 5) is 8.88. The Kier molecular flexibility index (Phi) is 4.73. The lowest BCUT2D eigenvalue weighted by Gasteiger charge is -2.35. The van der Waals surface area contributed by atoms with Gasteiger partial charge in [0.05, 0.1) is 11.2 Å². The third-order valence-electron chi connectivity index (χ3n) is 5.61. The Balaban J connectivity index is 1.71. The maximum absolute atomic E-state index is 10.1. The number of amidine groups is 1. The summed E-state index contributed by atoms with van der Waals surface area (Å²) in [5.41, 5.74) is 7.19. The minimum Gasteiger partial charge on any atom is -0.489 e. The molecule has 8 nitrogen and oxygen atoms in total. The monoisotopic (exact) mass is 442 g/mol. The number of nitrogens with two attached hydrogens (primary N) is 1. The van der Waals surface area contributed by atoms with Gasteiger partial charge in [-0.15, -0.1) is 0 Å². The van der Waals surface area contributed by atoms with Gasteiger partial charge in [-0.05, 0) is 49.7 Å². The number of hydrogen-bond acceptors (Lipinski definition) is 8. The van der Waals surface area contributed by atoms with Crippen molar-refractivity contribution in [3.63, 3.8) is 0 Å². The molecule has 2 aromatic carbocycles. The average Bonchev–Trinajstić information content (AvgIpc) is 3.19. The summed E-state index contributed by atoms with van der Waals surface area (Å²) in [6.45, 7) is 3.39. The van der Waals surface area contributed by atoms with Crippen LogP contribution in [0.4, 0.5) is 0 Å². The van der Waals surface area contributed by atoms with Gasteiger partial charge in [-0.2, -0.15) is 5.26 Å². The van der Waals surface area contributed by atoms with Crippen LogP contribution in [0, 0.1) is 11.3 Å². The zero-order valence-electron chi connectivity index (χ0n) is 18.2. The van der Waals surface area contributed by atoms with Gasteiger partial charge >= 0.3 is 0 Å². The molecule has 1 aromatic heterocycles. The van der Waals surface area contributed by atoms with Gasteiger partial charge in [0.1, 0.15) is 42.1 Å². The highest BCUT2D eigenvalue weighted by Crippen LogP contribution is 2.54. The van der Waals surface area contributed by atoms with Crippen LogP contribution in [0.1, 0.15) is 30.5 Å². The SMILES string of the molecule is CC(C)(O)COc1ccc2c(c1C#N)[C@]1(COC(N)=N1)c1cc(-c3cccnc3)ccc1O2. The van der Waals surface area contributed by atoms with Crippen LogP contribution in [0.2, 0.25) is 0 Å². The Morgan fingerprint density at radius 2 is 2.03 bits per heavy atom. The second kappa shape index (κ2) is 7.50. The van der Waals surface area contributed by atoms with Gasteiger partial charge in [0, 0.05) is 23.5 Å². The molecule has 2 aliphatic heterocycles. The molecule has 0 amide bonds. The number of benzene rings is 2. The fourth-order valence-corrected chi connectivity index (χ4v) is 4.15. The Hall–Kier alpha value is -4.09. The fourth-order valence-electron chi connectivity index (χ4n) is 4.15. The quantitative estimate of drug-likeness (QED) is 0.634. The van der Waals surface area contributed by atoms with E-state index in [4.69, 9.17) is 19.9 Å². The zero-order chi connectivity index (χ0) is 23.2. The molecule has 0 saturated heterocycles. The molecule has 1 spiro atoms. The van der Waals surface area contributed by atoms with Crippen LogP contribution in [0.25, 0.3) is 11.1 Å². The highest BCUT2D eigenvalue weighted by molar-refractivity contribution is 5.79. The van der Waals surface area contributed by atoms with E-state index in [0.717, 1.165) is 16.7 Å². The molecule has 33 heavy (non-hydrogen) atoms. The first-order valence-electron chi connectivity index (χ1n) is 10.4. The number of nitriles is 1. The molecule has 8 heteroatoms. The van der Waals surface area contributed by atoms with E-state index < -0.39 is 11.1 Å². The Morgan fingerprint density at radius 1 is 1.21 bits per heavy atom. The molecule has 0 fully saturated rings. The van der Waals surface area contributed by atoms with Gasteiger partial charge in [0.2, 0.25) is 0 Å². The molecule has 5 rings (SSSR count). The normalized spacial score (nSPS) is 18.4. The second-order valence-electron chi connectivity index (χ2n) is 8.68. The number of ether oxygens (including phenoxy) is 3. The summed E-state index contributed by atoms with van der Waals surface area (Å²) in [7, 11) is 0. The molecule has 0 aliphatic carbocycles. The van der Waals surface area contributed by atoms with E-state index in [1.165, 1.54) is 0 Å². The molecule has 1 atom stereocenters. The van der Waals surface area contributed by atoms with Crippen molar-refractivity contribution in [3.8, 4) is 34.4 Å². The molecular formula is C25H22N4O4. The van der Waals surface area contributed by atoms with Gasteiger partial charge < -0.3 is 25.1 Å². The summed E-state index contributed by atoms with van der Waals surface area (Å²) < 4.78 is 17.6. The lowest BCUT2D eigenvalue weighted by molar-refractivity contribution is 0.0283. The smallest absolute Gasteiger partial charge is 0.283 e. The minimum absolute atomic E-state index is 0.0119. The van der Waals surface area contributed by atoms with E-state index in [1.54, 1.807) is 38.4 Å². The van der Waals surface area contributed by atoms with Gasteiger partial charge in [0.25, 0.3) is 6.02 Å². The van der Waals surface area contributed by atoms with Gasteiger partial charge in [-0.25, -0.2) is 4.99 Å². The van der Waals surface area contributed by atoms with Crippen LogP contribution in [-0.2, 0) is 10.3 Å². The number of rotatable bonds is 4. The third-order valence-corrected chi connectivity index (χ3v) is 5.61. The maximum atomic E-state index is 10.1. The first kappa shape index (κ1) is 20.8. The van der Waals surface area contributed by atoms with Crippen LogP contribution in [0.3, 0.4) is 0 Å². The third kappa shape index (κ3) is 3.52. The summed E-state index contributed by atoms with van der Waals surface area (Å²) >= 11 is 0. The number of hydrogen-bond donors (Lipinski definition) is 2. The number of pyridine rings is 1. The molecule has 0 saturated carbocycles. The molecule has 0 radical (unpaired) electrons. The van der Waals surface area contributed by atoms with Crippen LogP contribution in [0.15, 0.2) is 59.9 Å². The average molecular weight is 442 g/mol. The van der Waals surface area contributed by atoms with Crippen molar-refractivity contribution in [3.05, 3.63) is 71.5 Å². The first-order chi connectivity index (χ1) is 15.8. The highest BCUT2D eigenvalue weighted by atomic mass is 16.5. The summed E-state index contributed by atoms with van der Waals surface area (Å²) in [5, 5.41) is 20.2. The van der Waals surface area contributed by atoms with Crippen molar-refractivity contribution >= 4 is 6.02 Å². The lowest BCUT2D eigenvalue weighted by atomic mass is 9.78. The van der Waals surface area contributed by atoms with Crippen LogP contribution in [0.5, 0.6) is 17.2 Å². The minimum atomic E-state index is -1.08. The van der Waals surface area contributed by atoms with Crippen molar-refractivity contribution in [2.24, 2.45) is 10.7 Å². The molecule has 3 heterocycles. The topological polar surface area (TPSA) is 123 Å². The molecule has 3 N–H and O–H groups in total. The highest BCUT2D eigenvalue weighted by Gasteiger charge is 2.49. The van der Waals surface area contributed by atoms with E-state index >= 15 is 0 Å². The van der Waals surface area contributed by atoms with Gasteiger partial charge in [-0.3, -0.25) is 4.98 Å². The molecule has 0 bridgehead atoms. The number of aliphatic hydroxyl groups is 1. The fraction of sp³-hybridized carbons (Fsp3) is 0.240. The molecule has 0 unspecified atom stereocenters. The van der Waals surface area contributed by atoms with Crippen molar-refractivity contribution < 1.29 is 19.3 Å². The zero-order valence-corrected chi connectivity index (χ0v) is 18.2. The molecule has 2 aliphatic rings. The number of aromatic nitrogens is 1. The summed E-state index contributed by atoms with van der Waals surface area (Å²) in [6, 6.07) is 15.3. The predicted molar refractivity (Wildman–Crippen MR) is 121 cm³/mol. The van der Waals surface area contributed by atoms with Crippen LogP contribution >= 0.6 is 0 Å². The van der Waals surface area contributed by atoms with Crippen molar-refractivity contribution in [2.75, 3.05) is 13.2 Å². The van der Waals surface area contributed by atoms with Gasteiger partial charge in [-0.1, -0.05) is 12.1 Å². The van der Waals surface area contributed by atoms with Crippen LogP contribution in [-0.4, -0.2) is 34.9 Å². The standard InChI is InChI=1S/C25H22N4O4/c1-24(2,30)13-31-19-7-8-21-22(17(19)11-26)25(14-32-23(27)29-25)18-10-15(5-6-20(18)33-21)16-4-3-9-28-12-16/h3-10,12,30H,13-14H2,1-2H3,(H2,27,29)/t25-/m0/s1. The first-order valence-corrected chi connectivity index (χ1v) is 10.4. The Bertz CT molecular complexity index is 1310. The Morgan fingerprint density at radius 3 is 2.70 bits per heavy atom. The maximum Gasteiger partial charge on any atom is 0.283 e. The van der Waals surface area contributed by atoms with E-state index in [0.29, 0.717) is 22.8 Å². The number of fused-ring (bicyclic) bond motifs is 4. The second-order valence-corrected chi connectivity index (χ2v) is 8.68. The largest absolute Gasteiger partial charge is 0.489 e. The van der Waals surface area contributed by atoms with Crippen molar-refractivity contribution in [1.29, 1.82) is 5.26 Å². The van der Waals surface area contributed by atoms with E-state index in [2.05, 4.69) is 16.0 Å². The molecule has 166 valence electrons. The summed E-state index contributed by atoms with van der Waals surface area (Å²) in [5.74, 6) is 1.41. The molecule has 3 aromatic rings. The lowest BCUT2D eigenvalue weighted by Crippen LogP contribution is -2.33. The van der Waals surface area contributed by atoms with Crippen molar-refractivity contribution in [2.45, 2.75) is 25.0 Å². The predicted octanol–water partition coefficient (Wildman–Crippen LogP) is 3.46. The van der Waals surface area contributed by atoms with E-state index in [-0.39, 0.29) is 24.8 Å². The van der Waals surface area contributed by atoms with Crippen molar-refractivity contribution in [1.82, 2.24) is 4.98 Å². The number of aliphatic imine (C=N–C) groups is 1.